The van der Waals surface area contributed by atoms with Crippen LogP contribution in [-0.4, -0.2) is 5.78 Å². The maximum absolute atomic E-state index is 12.8. The van der Waals surface area contributed by atoms with Crippen molar-refractivity contribution in [3.8, 4) is 0 Å². The summed E-state index contributed by atoms with van der Waals surface area (Å²) in [6, 6.07) is 23.5. The molecule has 0 unspecified atom stereocenters. The Kier molecular flexibility index (Phi) is 3.14. The van der Waals surface area contributed by atoms with E-state index in [0.717, 1.165) is 22.3 Å². The van der Waals surface area contributed by atoms with E-state index in [2.05, 4.69) is 19.1 Å². The fourth-order valence-electron chi connectivity index (χ4n) is 3.42. The maximum atomic E-state index is 12.8. The molecule has 0 amide bonds. The molecule has 3 aromatic carbocycles. The zero-order valence-corrected chi connectivity index (χ0v) is 13.5. The molecule has 0 heterocycles. The Hall–Kier alpha value is -2.38. The SMILES string of the molecule is Cc1cccc(C2(Cl)c3ccccc3C(=O)c3ccccc32)c1. The second kappa shape index (κ2) is 5.07. The van der Waals surface area contributed by atoms with Gasteiger partial charge in [-0.3, -0.25) is 4.79 Å². The Morgan fingerprint density at radius 2 is 1.35 bits per heavy atom. The van der Waals surface area contributed by atoms with E-state index in [-0.39, 0.29) is 5.78 Å². The van der Waals surface area contributed by atoms with Gasteiger partial charge in [0.1, 0.15) is 4.87 Å². The van der Waals surface area contributed by atoms with Crippen LogP contribution in [0, 0.1) is 6.92 Å². The lowest BCUT2D eigenvalue weighted by molar-refractivity contribution is 0.103. The molecule has 0 bridgehead atoms. The van der Waals surface area contributed by atoms with Gasteiger partial charge < -0.3 is 0 Å². The van der Waals surface area contributed by atoms with E-state index in [1.807, 2.05) is 60.7 Å². The average Bonchev–Trinajstić information content (AvgIpc) is 2.60. The summed E-state index contributed by atoms with van der Waals surface area (Å²) >= 11 is 7.25. The van der Waals surface area contributed by atoms with Crippen LogP contribution in [0.3, 0.4) is 0 Å². The molecule has 4 rings (SSSR count). The van der Waals surface area contributed by atoms with Gasteiger partial charge in [-0.05, 0) is 23.6 Å². The van der Waals surface area contributed by atoms with E-state index >= 15 is 0 Å². The predicted octanol–water partition coefficient (Wildman–Crippen LogP) is 5.07. The van der Waals surface area contributed by atoms with Crippen LogP contribution in [0.2, 0.25) is 0 Å². The molecule has 0 fully saturated rings. The molecule has 0 aliphatic heterocycles. The van der Waals surface area contributed by atoms with Crippen molar-refractivity contribution in [2.75, 3.05) is 0 Å². The minimum absolute atomic E-state index is 0.0418. The van der Waals surface area contributed by atoms with Gasteiger partial charge in [0.2, 0.25) is 0 Å². The van der Waals surface area contributed by atoms with Crippen LogP contribution in [0.25, 0.3) is 0 Å². The number of alkyl halides is 1. The third-order valence-corrected chi connectivity index (χ3v) is 5.13. The molecule has 2 heteroatoms. The van der Waals surface area contributed by atoms with Crippen molar-refractivity contribution < 1.29 is 4.79 Å². The molecular formula is C21H15ClO. The molecule has 0 atom stereocenters. The van der Waals surface area contributed by atoms with Gasteiger partial charge in [-0.25, -0.2) is 0 Å². The van der Waals surface area contributed by atoms with E-state index in [4.69, 9.17) is 11.6 Å². The topological polar surface area (TPSA) is 17.1 Å². The number of carbonyl (C=O) groups is 1. The highest BCUT2D eigenvalue weighted by Crippen LogP contribution is 2.49. The number of benzene rings is 3. The number of ketones is 1. The van der Waals surface area contributed by atoms with E-state index in [1.165, 1.54) is 0 Å². The standard InChI is InChI=1S/C21H15ClO/c1-14-7-6-8-15(13-14)21(22)18-11-4-2-9-16(18)20(23)17-10-3-5-12-19(17)21/h2-13H,1H3. The van der Waals surface area contributed by atoms with Crippen molar-refractivity contribution in [2.24, 2.45) is 0 Å². The molecule has 0 radical (unpaired) electrons. The molecule has 112 valence electrons. The first-order valence-corrected chi connectivity index (χ1v) is 8.00. The smallest absolute Gasteiger partial charge is 0.193 e. The zero-order chi connectivity index (χ0) is 16.0. The van der Waals surface area contributed by atoms with E-state index < -0.39 is 4.87 Å². The number of fused-ring (bicyclic) bond motifs is 2. The Balaban J connectivity index is 2.11. The molecule has 0 spiro atoms. The summed E-state index contributed by atoms with van der Waals surface area (Å²) < 4.78 is 0. The number of aryl methyl sites for hydroxylation is 1. The van der Waals surface area contributed by atoms with Crippen molar-refractivity contribution in [2.45, 2.75) is 11.8 Å². The van der Waals surface area contributed by atoms with Crippen LogP contribution in [0.1, 0.15) is 38.2 Å². The van der Waals surface area contributed by atoms with Gasteiger partial charge in [-0.15, -0.1) is 11.6 Å². The highest BCUT2D eigenvalue weighted by Gasteiger charge is 2.43. The van der Waals surface area contributed by atoms with Crippen LogP contribution in [-0.2, 0) is 4.87 Å². The van der Waals surface area contributed by atoms with Gasteiger partial charge >= 0.3 is 0 Å². The highest BCUT2D eigenvalue weighted by molar-refractivity contribution is 6.31. The van der Waals surface area contributed by atoms with Gasteiger partial charge in [0.05, 0.1) is 0 Å². The lowest BCUT2D eigenvalue weighted by Gasteiger charge is -2.35. The predicted molar refractivity (Wildman–Crippen MR) is 93.2 cm³/mol. The van der Waals surface area contributed by atoms with Crippen molar-refractivity contribution in [1.29, 1.82) is 0 Å². The minimum Gasteiger partial charge on any atom is -0.289 e. The van der Waals surface area contributed by atoms with Crippen molar-refractivity contribution in [3.63, 3.8) is 0 Å². The number of halogens is 1. The summed E-state index contributed by atoms with van der Waals surface area (Å²) in [7, 11) is 0. The van der Waals surface area contributed by atoms with E-state index in [0.29, 0.717) is 11.1 Å². The first kappa shape index (κ1) is 14.2. The number of hydrogen-bond acceptors (Lipinski definition) is 1. The molecule has 0 saturated carbocycles. The van der Waals surface area contributed by atoms with Gasteiger partial charge in [-0.2, -0.15) is 0 Å². The molecule has 0 saturated heterocycles. The molecular weight excluding hydrogens is 304 g/mol. The van der Waals surface area contributed by atoms with Gasteiger partial charge in [0, 0.05) is 11.1 Å². The third kappa shape index (κ3) is 1.97. The Bertz CT molecular complexity index is 877. The molecule has 1 nitrogen and oxygen atoms in total. The normalized spacial score (nSPS) is 15.0. The van der Waals surface area contributed by atoms with Crippen LogP contribution < -0.4 is 0 Å². The fraction of sp³-hybridized carbons (Fsp3) is 0.0952. The molecule has 23 heavy (non-hydrogen) atoms. The molecule has 0 aromatic heterocycles. The highest BCUT2D eigenvalue weighted by atomic mass is 35.5. The lowest BCUT2D eigenvalue weighted by Crippen LogP contribution is -2.32. The molecule has 3 aromatic rings. The molecule has 0 N–H and O–H groups in total. The number of hydrogen-bond donors (Lipinski definition) is 0. The second-order valence-electron chi connectivity index (χ2n) is 5.95. The quantitative estimate of drug-likeness (QED) is 0.572. The van der Waals surface area contributed by atoms with Crippen molar-refractivity contribution in [1.82, 2.24) is 0 Å². The van der Waals surface area contributed by atoms with Gasteiger partial charge in [0.15, 0.2) is 5.78 Å². The summed E-state index contributed by atoms with van der Waals surface area (Å²) in [4.78, 5) is 12.0. The van der Waals surface area contributed by atoms with Crippen LogP contribution in [0.15, 0.2) is 72.8 Å². The molecule has 1 aliphatic carbocycles. The molecule has 1 aliphatic rings. The Morgan fingerprint density at radius 3 is 1.91 bits per heavy atom. The monoisotopic (exact) mass is 318 g/mol. The summed E-state index contributed by atoms with van der Waals surface area (Å²) in [6.45, 7) is 2.05. The average molecular weight is 319 g/mol. The Morgan fingerprint density at radius 1 is 0.783 bits per heavy atom. The maximum Gasteiger partial charge on any atom is 0.193 e. The zero-order valence-electron chi connectivity index (χ0n) is 12.7. The summed E-state index contributed by atoms with van der Waals surface area (Å²) in [6.07, 6.45) is 0. The van der Waals surface area contributed by atoms with Crippen LogP contribution in [0.5, 0.6) is 0 Å². The van der Waals surface area contributed by atoms with Gasteiger partial charge in [0.25, 0.3) is 0 Å². The van der Waals surface area contributed by atoms with Crippen LogP contribution >= 0.6 is 11.6 Å². The van der Waals surface area contributed by atoms with Crippen molar-refractivity contribution >= 4 is 17.4 Å². The number of carbonyl (C=O) groups excluding carboxylic acids is 1. The Labute approximate surface area is 140 Å². The second-order valence-corrected chi connectivity index (χ2v) is 6.52. The number of rotatable bonds is 1. The van der Waals surface area contributed by atoms with Crippen molar-refractivity contribution in [3.05, 3.63) is 106 Å². The minimum atomic E-state index is -0.840. The van der Waals surface area contributed by atoms with Gasteiger partial charge in [-0.1, -0.05) is 78.4 Å². The largest absolute Gasteiger partial charge is 0.289 e. The van der Waals surface area contributed by atoms with E-state index in [1.54, 1.807) is 0 Å². The summed E-state index contributed by atoms with van der Waals surface area (Å²) in [5.41, 5.74) is 5.22. The first-order valence-electron chi connectivity index (χ1n) is 7.62. The van der Waals surface area contributed by atoms with E-state index in [9.17, 15) is 4.79 Å². The fourth-order valence-corrected chi connectivity index (χ4v) is 3.87. The summed E-state index contributed by atoms with van der Waals surface area (Å²) in [5, 5.41) is 0. The summed E-state index contributed by atoms with van der Waals surface area (Å²) in [5.74, 6) is 0.0418. The lowest BCUT2D eigenvalue weighted by atomic mass is 9.73. The third-order valence-electron chi connectivity index (χ3n) is 4.50. The first-order chi connectivity index (χ1) is 11.1. The van der Waals surface area contributed by atoms with Crippen LogP contribution in [0.4, 0.5) is 0 Å².